The molecule has 1 aromatic carbocycles. The highest BCUT2D eigenvalue weighted by molar-refractivity contribution is 9.09. The minimum absolute atomic E-state index is 0.104. The number of rotatable bonds is 0. The lowest BCUT2D eigenvalue weighted by molar-refractivity contribution is -0.233. The van der Waals surface area contributed by atoms with E-state index in [1.54, 1.807) is 0 Å². The average Bonchev–Trinajstić information content (AvgIpc) is 3.15. The van der Waals surface area contributed by atoms with Crippen molar-refractivity contribution in [2.24, 2.45) is 17.3 Å². The van der Waals surface area contributed by atoms with Gasteiger partial charge in [0.1, 0.15) is 5.75 Å². The Hall–Kier alpha value is -0.580. The predicted molar refractivity (Wildman–Crippen MR) is 95.5 cm³/mol. The summed E-state index contributed by atoms with van der Waals surface area (Å²) in [6.45, 7) is 3.86. The lowest BCUT2D eigenvalue weighted by Gasteiger charge is -2.52. The number of benzene rings is 1. The van der Waals surface area contributed by atoms with Gasteiger partial charge in [0.05, 0.1) is 18.0 Å². The summed E-state index contributed by atoms with van der Waals surface area (Å²) in [4.78, 5) is 0.294. The zero-order valence-corrected chi connectivity index (χ0v) is 15.7. The zero-order chi connectivity index (χ0) is 16.5. The van der Waals surface area contributed by atoms with Crippen molar-refractivity contribution in [1.29, 1.82) is 0 Å². The molecule has 1 heterocycles. The first-order valence-corrected chi connectivity index (χ1v) is 10.2. The summed E-state index contributed by atoms with van der Waals surface area (Å²) in [7, 11) is 0. The molecule has 1 N–H and O–H groups in total. The van der Waals surface area contributed by atoms with E-state index in [4.69, 9.17) is 9.47 Å². The van der Waals surface area contributed by atoms with E-state index in [0.717, 1.165) is 32.5 Å². The molecule has 0 bridgehead atoms. The van der Waals surface area contributed by atoms with Crippen LogP contribution in [-0.4, -0.2) is 28.9 Å². The minimum Gasteiger partial charge on any atom is -0.508 e. The first-order valence-electron chi connectivity index (χ1n) is 9.29. The van der Waals surface area contributed by atoms with Gasteiger partial charge in [0.2, 0.25) is 0 Å². The van der Waals surface area contributed by atoms with Crippen molar-refractivity contribution in [2.45, 2.75) is 55.6 Å². The number of hydrogen-bond acceptors (Lipinski definition) is 3. The third-order valence-corrected chi connectivity index (χ3v) is 8.46. The van der Waals surface area contributed by atoms with E-state index >= 15 is 0 Å². The first kappa shape index (κ1) is 15.7. The monoisotopic (exact) mass is 392 g/mol. The fraction of sp³-hybridized carbons (Fsp3) is 0.700. The van der Waals surface area contributed by atoms with Crippen LogP contribution < -0.4 is 0 Å². The van der Waals surface area contributed by atoms with Crippen molar-refractivity contribution in [1.82, 2.24) is 0 Å². The maximum Gasteiger partial charge on any atom is 0.186 e. The highest BCUT2D eigenvalue weighted by Crippen LogP contribution is 2.67. The molecule has 0 aromatic heterocycles. The molecule has 1 spiro atoms. The van der Waals surface area contributed by atoms with Gasteiger partial charge in [0.15, 0.2) is 5.79 Å². The Balaban J connectivity index is 1.53. The topological polar surface area (TPSA) is 38.7 Å². The van der Waals surface area contributed by atoms with Gasteiger partial charge in [-0.2, -0.15) is 0 Å². The molecular weight excluding hydrogens is 368 g/mol. The SMILES string of the molecule is CC12CCC3c4ccc(O)cc4CCC3C1CC(Br)C21OCCO1. The number of ether oxygens (including phenoxy) is 2. The van der Waals surface area contributed by atoms with Crippen LogP contribution in [0.4, 0.5) is 0 Å². The van der Waals surface area contributed by atoms with Gasteiger partial charge in [-0.15, -0.1) is 0 Å². The molecule has 4 aliphatic rings. The summed E-state index contributed by atoms with van der Waals surface area (Å²) < 4.78 is 12.5. The number of alkyl halides is 1. The normalized spacial score (nSPS) is 42.6. The maximum absolute atomic E-state index is 9.81. The van der Waals surface area contributed by atoms with Gasteiger partial charge in [-0.1, -0.05) is 28.9 Å². The summed E-state index contributed by atoms with van der Waals surface area (Å²) in [6, 6.07) is 6.01. The Morgan fingerprint density at radius 2 is 2.00 bits per heavy atom. The van der Waals surface area contributed by atoms with Crippen molar-refractivity contribution < 1.29 is 14.6 Å². The maximum atomic E-state index is 9.81. The standard InChI is InChI=1S/C20H25BrO3/c1-19-7-6-15-14-5-3-13(22)10-12(14)2-4-16(15)17(19)11-18(21)20(19)23-8-9-24-20/h3,5,10,15-18,22H,2,4,6-9,11H2,1H3. The molecule has 1 aromatic rings. The fourth-order valence-electron chi connectivity index (χ4n) is 6.43. The molecular formula is C20H25BrO3. The molecule has 0 amide bonds. The minimum atomic E-state index is -0.419. The Kier molecular flexibility index (Phi) is 3.40. The van der Waals surface area contributed by atoms with E-state index in [2.05, 4.69) is 28.9 Å². The molecule has 1 aliphatic heterocycles. The Bertz CT molecular complexity index is 669. The molecule has 3 aliphatic carbocycles. The smallest absolute Gasteiger partial charge is 0.186 e. The second-order valence-corrected chi connectivity index (χ2v) is 9.43. The number of aromatic hydroxyl groups is 1. The Morgan fingerprint density at radius 1 is 1.21 bits per heavy atom. The van der Waals surface area contributed by atoms with Crippen molar-refractivity contribution in [3.05, 3.63) is 29.3 Å². The van der Waals surface area contributed by atoms with E-state index in [-0.39, 0.29) is 5.41 Å². The molecule has 5 atom stereocenters. The van der Waals surface area contributed by atoms with E-state index in [0.29, 0.717) is 28.3 Å². The molecule has 3 nitrogen and oxygen atoms in total. The van der Waals surface area contributed by atoms with E-state index < -0.39 is 5.79 Å². The number of fused-ring (bicyclic) bond motifs is 6. The molecule has 24 heavy (non-hydrogen) atoms. The molecule has 5 rings (SSSR count). The van der Waals surface area contributed by atoms with Gasteiger partial charge < -0.3 is 14.6 Å². The van der Waals surface area contributed by atoms with Crippen LogP contribution >= 0.6 is 15.9 Å². The van der Waals surface area contributed by atoms with Crippen LogP contribution in [-0.2, 0) is 15.9 Å². The number of aryl methyl sites for hydroxylation is 1. The lowest BCUT2D eigenvalue weighted by Crippen LogP contribution is -2.53. The number of halogens is 1. The summed E-state index contributed by atoms with van der Waals surface area (Å²) >= 11 is 3.92. The third-order valence-electron chi connectivity index (χ3n) is 7.49. The van der Waals surface area contributed by atoms with Gasteiger partial charge >= 0.3 is 0 Å². The van der Waals surface area contributed by atoms with E-state index in [9.17, 15) is 5.11 Å². The number of phenolic OH excluding ortho intramolecular Hbond substituents is 1. The number of phenols is 1. The molecule has 5 unspecified atom stereocenters. The van der Waals surface area contributed by atoms with Crippen LogP contribution in [0.5, 0.6) is 5.75 Å². The van der Waals surface area contributed by atoms with Gasteiger partial charge in [0.25, 0.3) is 0 Å². The summed E-state index contributed by atoms with van der Waals surface area (Å²) in [5.41, 5.74) is 2.94. The van der Waals surface area contributed by atoms with Crippen LogP contribution in [0.25, 0.3) is 0 Å². The molecule has 1 saturated heterocycles. The van der Waals surface area contributed by atoms with Crippen LogP contribution in [0.1, 0.15) is 49.7 Å². The molecule has 2 saturated carbocycles. The Labute approximate surface area is 151 Å². The van der Waals surface area contributed by atoms with Crippen LogP contribution in [0.15, 0.2) is 18.2 Å². The van der Waals surface area contributed by atoms with Crippen molar-refractivity contribution >= 4 is 15.9 Å². The Morgan fingerprint density at radius 3 is 2.79 bits per heavy atom. The van der Waals surface area contributed by atoms with E-state index in [1.165, 1.54) is 24.0 Å². The van der Waals surface area contributed by atoms with Crippen molar-refractivity contribution in [2.75, 3.05) is 13.2 Å². The van der Waals surface area contributed by atoms with Crippen LogP contribution in [0, 0.1) is 17.3 Å². The van der Waals surface area contributed by atoms with Gasteiger partial charge in [-0.05, 0) is 73.1 Å². The van der Waals surface area contributed by atoms with E-state index in [1.807, 2.05) is 12.1 Å². The highest BCUT2D eigenvalue weighted by Gasteiger charge is 2.68. The molecule has 3 fully saturated rings. The van der Waals surface area contributed by atoms with Crippen molar-refractivity contribution in [3.63, 3.8) is 0 Å². The van der Waals surface area contributed by atoms with Crippen LogP contribution in [0.2, 0.25) is 0 Å². The summed E-state index contributed by atoms with van der Waals surface area (Å²) in [5.74, 6) is 1.95. The van der Waals surface area contributed by atoms with Crippen molar-refractivity contribution in [3.8, 4) is 5.75 Å². The molecule has 130 valence electrons. The summed E-state index contributed by atoms with van der Waals surface area (Å²) in [6.07, 6.45) is 5.80. The fourth-order valence-corrected chi connectivity index (χ4v) is 7.62. The van der Waals surface area contributed by atoms with Gasteiger partial charge in [-0.25, -0.2) is 0 Å². The average molecular weight is 393 g/mol. The van der Waals surface area contributed by atoms with Gasteiger partial charge in [0, 0.05) is 5.41 Å². The van der Waals surface area contributed by atoms with Crippen LogP contribution in [0.3, 0.4) is 0 Å². The molecule has 0 radical (unpaired) electrons. The summed E-state index contributed by atoms with van der Waals surface area (Å²) in [5, 5.41) is 9.81. The molecule has 4 heteroatoms. The second kappa shape index (κ2) is 5.21. The largest absolute Gasteiger partial charge is 0.508 e. The first-order chi connectivity index (χ1) is 11.6. The number of hydrogen-bond donors (Lipinski definition) is 1. The third kappa shape index (κ3) is 1.85. The lowest BCUT2D eigenvalue weighted by atomic mass is 9.55. The predicted octanol–water partition coefficient (Wildman–Crippen LogP) is 4.36. The quantitative estimate of drug-likeness (QED) is 0.666. The highest BCUT2D eigenvalue weighted by atomic mass is 79.9. The van der Waals surface area contributed by atoms with Gasteiger partial charge in [-0.3, -0.25) is 0 Å². The second-order valence-electron chi connectivity index (χ2n) is 8.32. The zero-order valence-electron chi connectivity index (χ0n) is 14.1.